The fourth-order valence-electron chi connectivity index (χ4n) is 3.54. The third-order valence-electron chi connectivity index (χ3n) is 5.09. The normalized spacial score (nSPS) is 13.8. The van der Waals surface area contributed by atoms with Gasteiger partial charge in [-0.1, -0.05) is 0 Å². The molecule has 3 aromatic rings. The molecule has 0 atom stereocenters. The van der Waals surface area contributed by atoms with Gasteiger partial charge in [-0.2, -0.15) is 4.98 Å². The van der Waals surface area contributed by atoms with Crippen LogP contribution in [0.2, 0.25) is 0 Å². The molecule has 1 aliphatic heterocycles. The van der Waals surface area contributed by atoms with E-state index in [9.17, 15) is 8.42 Å². The molecule has 9 heteroatoms. The topological polar surface area (TPSA) is 96.5 Å². The summed E-state index contributed by atoms with van der Waals surface area (Å²) in [6.07, 6.45) is 2.32. The molecule has 1 aliphatic rings. The number of rotatable bonds is 8. The largest absolute Gasteiger partial charge is 0.494 e. The lowest BCUT2D eigenvalue weighted by molar-refractivity contribution is 0.340. The summed E-state index contributed by atoms with van der Waals surface area (Å²) in [6, 6.07) is 15.3. The Morgan fingerprint density at radius 1 is 0.969 bits per heavy atom. The molecule has 1 fully saturated rings. The van der Waals surface area contributed by atoms with Gasteiger partial charge in [0.2, 0.25) is 5.95 Å². The molecule has 1 aromatic heterocycles. The maximum absolute atomic E-state index is 12.7. The molecule has 0 unspecified atom stereocenters. The number of aryl methyl sites for hydroxylation is 1. The molecule has 0 spiro atoms. The van der Waals surface area contributed by atoms with E-state index in [1.54, 1.807) is 24.3 Å². The summed E-state index contributed by atoms with van der Waals surface area (Å²) in [5.74, 6) is 2.08. The van der Waals surface area contributed by atoms with Crippen molar-refractivity contribution in [1.82, 2.24) is 9.97 Å². The van der Waals surface area contributed by atoms with Crippen molar-refractivity contribution in [3.8, 4) is 5.75 Å². The Kier molecular flexibility index (Phi) is 6.45. The fraction of sp³-hybridized carbons (Fsp3) is 0.304. The Morgan fingerprint density at radius 3 is 2.28 bits per heavy atom. The Hall–Kier alpha value is -3.33. The SMILES string of the molecule is CCOc1ccc(S(=O)(=O)Nc2ccc(Nc3cc(C)nc(N4CCCC4)n3)cc2)cc1. The van der Waals surface area contributed by atoms with Crippen LogP contribution in [0.1, 0.15) is 25.5 Å². The molecule has 0 aliphatic carbocycles. The minimum atomic E-state index is -3.69. The first kappa shape index (κ1) is 21.9. The van der Waals surface area contributed by atoms with Crippen molar-refractivity contribution in [1.29, 1.82) is 0 Å². The second-order valence-corrected chi connectivity index (χ2v) is 9.28. The highest BCUT2D eigenvalue weighted by Gasteiger charge is 2.16. The zero-order chi connectivity index (χ0) is 22.6. The fourth-order valence-corrected chi connectivity index (χ4v) is 4.60. The van der Waals surface area contributed by atoms with Crippen LogP contribution in [0, 0.1) is 6.92 Å². The van der Waals surface area contributed by atoms with Gasteiger partial charge in [0, 0.05) is 36.2 Å². The van der Waals surface area contributed by atoms with Crippen molar-refractivity contribution < 1.29 is 13.2 Å². The van der Waals surface area contributed by atoms with Crippen LogP contribution < -0.4 is 19.7 Å². The highest BCUT2D eigenvalue weighted by Crippen LogP contribution is 2.24. The molecule has 2 aromatic carbocycles. The zero-order valence-electron chi connectivity index (χ0n) is 18.2. The highest BCUT2D eigenvalue weighted by atomic mass is 32.2. The van der Waals surface area contributed by atoms with Crippen LogP contribution >= 0.6 is 0 Å². The van der Waals surface area contributed by atoms with E-state index in [0.29, 0.717) is 23.9 Å². The van der Waals surface area contributed by atoms with Crippen LogP contribution in [0.4, 0.5) is 23.1 Å². The van der Waals surface area contributed by atoms with Crippen molar-refractivity contribution in [2.24, 2.45) is 0 Å². The maximum atomic E-state index is 12.7. The predicted octanol–water partition coefficient (Wildman–Crippen LogP) is 4.33. The van der Waals surface area contributed by atoms with Gasteiger partial charge < -0.3 is 15.0 Å². The smallest absolute Gasteiger partial charge is 0.261 e. The monoisotopic (exact) mass is 453 g/mol. The van der Waals surface area contributed by atoms with E-state index >= 15 is 0 Å². The van der Waals surface area contributed by atoms with Crippen molar-refractivity contribution in [3.63, 3.8) is 0 Å². The lowest BCUT2D eigenvalue weighted by Crippen LogP contribution is -2.21. The van der Waals surface area contributed by atoms with Gasteiger partial charge in [-0.25, -0.2) is 13.4 Å². The van der Waals surface area contributed by atoms with Crippen molar-refractivity contribution in [3.05, 3.63) is 60.3 Å². The van der Waals surface area contributed by atoms with Gasteiger partial charge in [-0.15, -0.1) is 0 Å². The molecule has 1 saturated heterocycles. The number of hydrogen-bond donors (Lipinski definition) is 2. The van der Waals surface area contributed by atoms with E-state index in [1.807, 2.05) is 32.0 Å². The van der Waals surface area contributed by atoms with Gasteiger partial charge >= 0.3 is 0 Å². The summed E-state index contributed by atoms with van der Waals surface area (Å²) in [4.78, 5) is 11.5. The summed E-state index contributed by atoms with van der Waals surface area (Å²) in [6.45, 7) is 6.31. The Labute approximate surface area is 188 Å². The van der Waals surface area contributed by atoms with Crippen LogP contribution in [0.5, 0.6) is 5.75 Å². The zero-order valence-corrected chi connectivity index (χ0v) is 19.0. The van der Waals surface area contributed by atoms with Gasteiger partial charge in [-0.05, 0) is 75.2 Å². The summed E-state index contributed by atoms with van der Waals surface area (Å²) in [5, 5.41) is 3.28. The predicted molar refractivity (Wildman–Crippen MR) is 126 cm³/mol. The second kappa shape index (κ2) is 9.44. The molecule has 0 amide bonds. The van der Waals surface area contributed by atoms with Crippen LogP contribution in [0.15, 0.2) is 59.5 Å². The van der Waals surface area contributed by atoms with Gasteiger partial charge in [0.05, 0.1) is 11.5 Å². The minimum Gasteiger partial charge on any atom is -0.494 e. The first-order valence-corrected chi connectivity index (χ1v) is 12.1. The molecule has 2 heterocycles. The van der Waals surface area contributed by atoms with Gasteiger partial charge in [0.25, 0.3) is 10.0 Å². The van der Waals surface area contributed by atoms with Crippen LogP contribution in [-0.2, 0) is 10.0 Å². The molecule has 8 nitrogen and oxygen atoms in total. The van der Waals surface area contributed by atoms with Gasteiger partial charge in [0.15, 0.2) is 0 Å². The van der Waals surface area contributed by atoms with Gasteiger partial charge in [0.1, 0.15) is 11.6 Å². The first-order valence-electron chi connectivity index (χ1n) is 10.7. The Morgan fingerprint density at radius 2 is 1.62 bits per heavy atom. The third kappa shape index (κ3) is 5.28. The van der Waals surface area contributed by atoms with Crippen LogP contribution in [0.3, 0.4) is 0 Å². The minimum absolute atomic E-state index is 0.175. The molecule has 4 rings (SSSR count). The summed E-state index contributed by atoms with van der Waals surface area (Å²) >= 11 is 0. The van der Waals surface area contributed by atoms with E-state index in [2.05, 4.69) is 24.9 Å². The number of nitrogens with one attached hydrogen (secondary N) is 2. The summed E-state index contributed by atoms with van der Waals surface area (Å²) < 4.78 is 33.3. The number of anilines is 4. The molecule has 0 bridgehead atoms. The molecular weight excluding hydrogens is 426 g/mol. The molecule has 0 radical (unpaired) electrons. The lowest BCUT2D eigenvalue weighted by Gasteiger charge is -2.17. The van der Waals surface area contributed by atoms with E-state index in [0.717, 1.165) is 43.3 Å². The Balaban J connectivity index is 1.44. The standard InChI is InChI=1S/C23H27N5O3S/c1-3-31-20-10-12-21(13-11-20)32(29,30)27-19-8-6-18(7-9-19)25-22-16-17(2)24-23(26-22)28-14-4-5-15-28/h6-13,16,27H,3-5,14-15H2,1-2H3,(H,24,25,26). The van der Waals surface area contributed by atoms with Crippen molar-refractivity contribution in [2.75, 3.05) is 34.6 Å². The molecule has 32 heavy (non-hydrogen) atoms. The number of ether oxygens (including phenoxy) is 1. The van der Waals surface area contributed by atoms with E-state index in [4.69, 9.17) is 4.74 Å². The number of nitrogens with zero attached hydrogens (tertiary/aromatic N) is 3. The average molecular weight is 454 g/mol. The van der Waals surface area contributed by atoms with E-state index < -0.39 is 10.0 Å². The summed E-state index contributed by atoms with van der Waals surface area (Å²) in [5.41, 5.74) is 2.17. The molecule has 2 N–H and O–H groups in total. The first-order chi connectivity index (χ1) is 15.4. The number of benzene rings is 2. The highest BCUT2D eigenvalue weighted by molar-refractivity contribution is 7.92. The van der Waals surface area contributed by atoms with Crippen molar-refractivity contribution >= 4 is 33.2 Å². The molecular formula is C23H27N5O3S. The molecule has 168 valence electrons. The van der Waals surface area contributed by atoms with Crippen molar-refractivity contribution in [2.45, 2.75) is 31.6 Å². The van der Waals surface area contributed by atoms with Gasteiger partial charge in [-0.3, -0.25) is 4.72 Å². The second-order valence-electron chi connectivity index (χ2n) is 7.60. The van der Waals surface area contributed by atoms with E-state index in [1.165, 1.54) is 12.1 Å². The van der Waals surface area contributed by atoms with Crippen LogP contribution in [-0.4, -0.2) is 38.1 Å². The summed E-state index contributed by atoms with van der Waals surface area (Å²) in [7, 11) is -3.69. The Bertz CT molecular complexity index is 1160. The average Bonchev–Trinajstić information content (AvgIpc) is 3.30. The quantitative estimate of drug-likeness (QED) is 0.524. The lowest BCUT2D eigenvalue weighted by atomic mass is 10.3. The van der Waals surface area contributed by atoms with E-state index in [-0.39, 0.29) is 4.90 Å². The number of aromatic nitrogens is 2. The number of hydrogen-bond acceptors (Lipinski definition) is 7. The molecule has 0 saturated carbocycles. The third-order valence-corrected chi connectivity index (χ3v) is 6.48. The number of sulfonamides is 1. The maximum Gasteiger partial charge on any atom is 0.261 e. The van der Waals surface area contributed by atoms with Crippen LogP contribution in [0.25, 0.3) is 0 Å².